The lowest BCUT2D eigenvalue weighted by atomic mass is 9.90. The van der Waals surface area contributed by atoms with Crippen LogP contribution < -0.4 is 5.32 Å². The predicted octanol–water partition coefficient (Wildman–Crippen LogP) is 3.77. The van der Waals surface area contributed by atoms with Crippen LogP contribution in [0.15, 0.2) is 12.1 Å². The molecule has 1 aliphatic rings. The molecule has 1 aromatic rings. The van der Waals surface area contributed by atoms with Crippen LogP contribution >= 0.6 is 11.8 Å². The number of aromatic nitrogens is 1. The molecule has 0 aromatic carbocycles. The normalized spacial score (nSPS) is 22.3. The first kappa shape index (κ1) is 16.1. The summed E-state index contributed by atoms with van der Waals surface area (Å²) >= 11 is 1.98. The van der Waals surface area contributed by atoms with Crippen molar-refractivity contribution >= 4 is 23.5 Å². The lowest BCUT2D eigenvalue weighted by molar-refractivity contribution is 0.0696. The second-order valence-corrected chi connectivity index (χ2v) is 8.62. The van der Waals surface area contributed by atoms with E-state index in [4.69, 9.17) is 0 Å². The third-order valence-electron chi connectivity index (χ3n) is 3.78. The Balaban J connectivity index is 2.22. The van der Waals surface area contributed by atoms with Gasteiger partial charge >= 0.3 is 5.97 Å². The Morgan fingerprint density at radius 3 is 2.71 bits per heavy atom. The van der Waals surface area contributed by atoms with Crippen molar-refractivity contribution in [2.24, 2.45) is 0 Å². The van der Waals surface area contributed by atoms with Crippen molar-refractivity contribution < 1.29 is 9.90 Å². The summed E-state index contributed by atoms with van der Waals surface area (Å²) in [5.74, 6) is 0.953. The number of hydrogen-bond acceptors (Lipinski definition) is 4. The van der Waals surface area contributed by atoms with E-state index >= 15 is 0 Å². The molecule has 1 saturated heterocycles. The minimum absolute atomic E-state index is 0.173. The number of hydrogen-bond donors (Lipinski definition) is 2. The number of carboxylic acids is 1. The zero-order chi connectivity index (χ0) is 15.7. The van der Waals surface area contributed by atoms with E-state index in [-0.39, 0.29) is 10.2 Å². The maximum atomic E-state index is 11.3. The van der Waals surface area contributed by atoms with Gasteiger partial charge in [-0.3, -0.25) is 0 Å². The van der Waals surface area contributed by atoms with Crippen molar-refractivity contribution in [2.45, 2.75) is 50.7 Å². The molecule has 0 amide bonds. The lowest BCUT2D eigenvalue weighted by Gasteiger charge is -2.24. The summed E-state index contributed by atoms with van der Waals surface area (Å²) in [5.41, 5.74) is 0.921. The Bertz CT molecular complexity index is 532. The summed E-state index contributed by atoms with van der Waals surface area (Å²) in [6.07, 6.45) is 2.44. The zero-order valence-corrected chi connectivity index (χ0v) is 14.0. The average Bonchev–Trinajstić information content (AvgIpc) is 2.82. The Labute approximate surface area is 130 Å². The van der Waals surface area contributed by atoms with Crippen LogP contribution in [0.2, 0.25) is 0 Å². The van der Waals surface area contributed by atoms with Gasteiger partial charge in [-0.1, -0.05) is 20.8 Å². The summed E-state index contributed by atoms with van der Waals surface area (Å²) in [4.78, 5) is 15.9. The van der Waals surface area contributed by atoms with E-state index < -0.39 is 5.97 Å². The van der Waals surface area contributed by atoms with E-state index in [1.54, 1.807) is 12.1 Å². The SMILES string of the molecule is CC1(CNc2cc(C(=O)O)cc(C(C)(C)C)n2)CCCS1. The molecule has 4 nitrogen and oxygen atoms in total. The van der Waals surface area contributed by atoms with Crippen molar-refractivity contribution in [3.8, 4) is 0 Å². The van der Waals surface area contributed by atoms with Gasteiger partial charge in [0.25, 0.3) is 0 Å². The standard InChI is InChI=1S/C16H24N2O2S/c1-15(2,3)12-8-11(14(19)20)9-13(18-12)17-10-16(4)6-5-7-21-16/h8-9H,5-7,10H2,1-4H3,(H,17,18)(H,19,20). The highest BCUT2D eigenvalue weighted by molar-refractivity contribution is 8.00. The van der Waals surface area contributed by atoms with Crippen molar-refractivity contribution in [1.29, 1.82) is 0 Å². The molecule has 1 atom stereocenters. The Hall–Kier alpha value is -1.23. The van der Waals surface area contributed by atoms with E-state index in [2.05, 4.69) is 17.2 Å². The van der Waals surface area contributed by atoms with Crippen LogP contribution in [0.1, 0.15) is 56.6 Å². The summed E-state index contributed by atoms with van der Waals surface area (Å²) in [5, 5.41) is 12.6. The van der Waals surface area contributed by atoms with Gasteiger partial charge in [-0.05, 0) is 37.7 Å². The third kappa shape index (κ3) is 4.13. The van der Waals surface area contributed by atoms with Gasteiger partial charge in [0, 0.05) is 22.4 Å². The largest absolute Gasteiger partial charge is 0.478 e. The van der Waals surface area contributed by atoms with Crippen LogP contribution in [0.3, 0.4) is 0 Å². The fourth-order valence-corrected chi connectivity index (χ4v) is 3.63. The van der Waals surface area contributed by atoms with Gasteiger partial charge in [-0.2, -0.15) is 11.8 Å². The van der Waals surface area contributed by atoms with Gasteiger partial charge < -0.3 is 10.4 Å². The summed E-state index contributed by atoms with van der Waals surface area (Å²) in [6, 6.07) is 3.29. The molecule has 1 fully saturated rings. The highest BCUT2D eigenvalue weighted by Crippen LogP contribution is 2.37. The Kier molecular flexibility index (Phi) is 4.51. The van der Waals surface area contributed by atoms with Gasteiger partial charge in [0.15, 0.2) is 0 Å². The van der Waals surface area contributed by atoms with Crippen LogP contribution in [0.25, 0.3) is 0 Å². The second kappa shape index (κ2) is 5.87. The van der Waals surface area contributed by atoms with Gasteiger partial charge in [0.1, 0.15) is 5.82 Å². The highest BCUT2D eigenvalue weighted by Gasteiger charge is 2.29. The van der Waals surface area contributed by atoms with Gasteiger partial charge in [-0.25, -0.2) is 9.78 Å². The first-order valence-electron chi connectivity index (χ1n) is 7.33. The van der Waals surface area contributed by atoms with Crippen molar-refractivity contribution in [2.75, 3.05) is 17.6 Å². The first-order chi connectivity index (χ1) is 9.70. The predicted molar refractivity (Wildman–Crippen MR) is 88.5 cm³/mol. The Morgan fingerprint density at radius 2 is 2.19 bits per heavy atom. The van der Waals surface area contributed by atoms with E-state index in [9.17, 15) is 9.90 Å². The molecular weight excluding hydrogens is 284 g/mol. The molecule has 1 unspecified atom stereocenters. The fraction of sp³-hybridized carbons (Fsp3) is 0.625. The maximum Gasteiger partial charge on any atom is 0.335 e. The van der Waals surface area contributed by atoms with Crippen LogP contribution in [0.4, 0.5) is 5.82 Å². The molecule has 0 radical (unpaired) electrons. The van der Waals surface area contributed by atoms with Crippen molar-refractivity contribution in [3.05, 3.63) is 23.4 Å². The van der Waals surface area contributed by atoms with E-state index in [1.807, 2.05) is 32.5 Å². The summed E-state index contributed by atoms with van der Waals surface area (Å²) < 4.78 is 0.225. The van der Waals surface area contributed by atoms with Crippen molar-refractivity contribution in [1.82, 2.24) is 4.98 Å². The van der Waals surface area contributed by atoms with E-state index in [1.165, 1.54) is 18.6 Å². The molecule has 2 N–H and O–H groups in total. The monoisotopic (exact) mass is 308 g/mol. The van der Waals surface area contributed by atoms with Crippen molar-refractivity contribution in [3.63, 3.8) is 0 Å². The van der Waals surface area contributed by atoms with E-state index in [0.29, 0.717) is 11.4 Å². The molecule has 116 valence electrons. The molecule has 0 bridgehead atoms. The maximum absolute atomic E-state index is 11.3. The topological polar surface area (TPSA) is 62.2 Å². The molecular formula is C16H24N2O2S. The number of nitrogens with zero attached hydrogens (tertiary/aromatic N) is 1. The van der Waals surface area contributed by atoms with E-state index in [0.717, 1.165) is 12.2 Å². The number of pyridine rings is 1. The van der Waals surface area contributed by atoms with Crippen LogP contribution in [-0.2, 0) is 5.41 Å². The van der Waals surface area contributed by atoms with Gasteiger partial charge in [-0.15, -0.1) is 0 Å². The lowest BCUT2D eigenvalue weighted by Crippen LogP contribution is -2.28. The Morgan fingerprint density at radius 1 is 1.48 bits per heavy atom. The number of rotatable bonds is 4. The molecule has 21 heavy (non-hydrogen) atoms. The quantitative estimate of drug-likeness (QED) is 0.886. The number of anilines is 1. The van der Waals surface area contributed by atoms with Gasteiger partial charge in [0.05, 0.1) is 5.56 Å². The molecule has 0 aliphatic carbocycles. The molecule has 2 rings (SSSR count). The van der Waals surface area contributed by atoms with Crippen LogP contribution in [-0.4, -0.2) is 33.1 Å². The summed E-state index contributed by atoms with van der Waals surface area (Å²) in [6.45, 7) is 9.19. The fourth-order valence-electron chi connectivity index (χ4n) is 2.38. The molecule has 1 aliphatic heterocycles. The number of carbonyl (C=O) groups is 1. The molecule has 5 heteroatoms. The minimum Gasteiger partial charge on any atom is -0.478 e. The zero-order valence-electron chi connectivity index (χ0n) is 13.2. The molecule has 2 heterocycles. The summed E-state index contributed by atoms with van der Waals surface area (Å²) in [7, 11) is 0. The number of aromatic carboxylic acids is 1. The average molecular weight is 308 g/mol. The third-order valence-corrected chi connectivity index (χ3v) is 5.32. The number of nitrogens with one attached hydrogen (secondary N) is 1. The molecule has 0 saturated carbocycles. The molecule has 0 spiro atoms. The minimum atomic E-state index is -0.910. The number of thioether (sulfide) groups is 1. The molecule has 1 aromatic heterocycles. The van der Waals surface area contributed by atoms with Crippen LogP contribution in [0.5, 0.6) is 0 Å². The number of carboxylic acid groups (broad SMARTS) is 1. The second-order valence-electron chi connectivity index (χ2n) is 6.94. The highest BCUT2D eigenvalue weighted by atomic mass is 32.2. The van der Waals surface area contributed by atoms with Gasteiger partial charge in [0.2, 0.25) is 0 Å². The smallest absolute Gasteiger partial charge is 0.335 e. The first-order valence-corrected chi connectivity index (χ1v) is 8.32. The van der Waals surface area contributed by atoms with Crippen LogP contribution in [0, 0.1) is 0 Å².